The molecule has 82 valence electrons. The quantitative estimate of drug-likeness (QED) is 0.810. The Kier molecular flexibility index (Phi) is 3.51. The number of halogens is 2. The van der Waals surface area contributed by atoms with Crippen molar-refractivity contribution in [3.05, 3.63) is 51.4 Å². The zero-order valence-corrected chi connectivity index (χ0v) is 11.5. The van der Waals surface area contributed by atoms with Gasteiger partial charge in [-0.25, -0.2) is 0 Å². The summed E-state index contributed by atoms with van der Waals surface area (Å²) in [6, 6.07) is 13.2. The number of hydrogen-bond donors (Lipinski definition) is 1. The second-order valence-electron chi connectivity index (χ2n) is 3.21. The summed E-state index contributed by atoms with van der Waals surface area (Å²) in [5, 5.41) is 0. The lowest BCUT2D eigenvalue weighted by molar-refractivity contribution is 0.481. The molecule has 0 aliphatic rings. The molecule has 2 aromatic carbocycles. The van der Waals surface area contributed by atoms with Crippen LogP contribution < -0.4 is 10.5 Å². The molecule has 0 aromatic heterocycles. The van der Waals surface area contributed by atoms with E-state index >= 15 is 0 Å². The minimum atomic E-state index is 0.610. The van der Waals surface area contributed by atoms with Gasteiger partial charge < -0.3 is 10.5 Å². The van der Waals surface area contributed by atoms with E-state index in [0.717, 1.165) is 14.7 Å². The molecular formula is C12H9Br2NO. The largest absolute Gasteiger partial charge is 0.454 e. The fraction of sp³-hybridized carbons (Fsp3) is 0. The summed E-state index contributed by atoms with van der Waals surface area (Å²) in [5.74, 6) is 1.38. The second-order valence-corrected chi connectivity index (χ2v) is 4.98. The molecule has 4 heteroatoms. The standard InChI is InChI=1S/C12H9Br2NO/c13-8-5-6-10(15)12(7-8)16-11-4-2-1-3-9(11)14/h1-7H,15H2. The summed E-state index contributed by atoms with van der Waals surface area (Å²) in [7, 11) is 0. The van der Waals surface area contributed by atoms with Crippen LogP contribution in [0.15, 0.2) is 51.4 Å². The highest BCUT2D eigenvalue weighted by molar-refractivity contribution is 9.10. The number of nitrogens with two attached hydrogens (primary N) is 1. The van der Waals surface area contributed by atoms with Crippen LogP contribution >= 0.6 is 31.9 Å². The zero-order valence-electron chi connectivity index (χ0n) is 8.28. The molecule has 0 heterocycles. The topological polar surface area (TPSA) is 35.2 Å². The van der Waals surface area contributed by atoms with E-state index in [4.69, 9.17) is 10.5 Å². The van der Waals surface area contributed by atoms with Gasteiger partial charge in [-0.2, -0.15) is 0 Å². The fourth-order valence-electron chi connectivity index (χ4n) is 1.24. The number of ether oxygens (including phenoxy) is 1. The minimum absolute atomic E-state index is 0.610. The van der Waals surface area contributed by atoms with Gasteiger partial charge in [-0.3, -0.25) is 0 Å². The highest BCUT2D eigenvalue weighted by Gasteiger charge is 2.05. The molecule has 2 rings (SSSR count). The highest BCUT2D eigenvalue weighted by atomic mass is 79.9. The van der Waals surface area contributed by atoms with Crippen molar-refractivity contribution in [1.29, 1.82) is 0 Å². The number of nitrogen functional groups attached to an aromatic ring is 1. The van der Waals surface area contributed by atoms with Crippen LogP contribution in [0.3, 0.4) is 0 Å². The van der Waals surface area contributed by atoms with Gasteiger partial charge in [0, 0.05) is 4.47 Å². The van der Waals surface area contributed by atoms with Gasteiger partial charge in [0.2, 0.25) is 0 Å². The first-order chi connectivity index (χ1) is 7.66. The Bertz CT molecular complexity index is 514. The Morgan fingerprint density at radius 1 is 0.938 bits per heavy atom. The van der Waals surface area contributed by atoms with Crippen LogP contribution in [0.4, 0.5) is 5.69 Å². The van der Waals surface area contributed by atoms with Gasteiger partial charge in [-0.1, -0.05) is 28.1 Å². The second kappa shape index (κ2) is 4.89. The Morgan fingerprint density at radius 3 is 2.44 bits per heavy atom. The predicted octanol–water partition coefficient (Wildman–Crippen LogP) is 4.59. The van der Waals surface area contributed by atoms with E-state index in [0.29, 0.717) is 11.4 Å². The smallest absolute Gasteiger partial charge is 0.151 e. The van der Waals surface area contributed by atoms with Crippen molar-refractivity contribution in [1.82, 2.24) is 0 Å². The van der Waals surface area contributed by atoms with Crippen molar-refractivity contribution in [2.45, 2.75) is 0 Å². The van der Waals surface area contributed by atoms with E-state index in [1.807, 2.05) is 36.4 Å². The van der Waals surface area contributed by atoms with Gasteiger partial charge in [-0.15, -0.1) is 0 Å². The molecule has 2 aromatic rings. The lowest BCUT2D eigenvalue weighted by Crippen LogP contribution is -1.92. The third-order valence-electron chi connectivity index (χ3n) is 2.03. The van der Waals surface area contributed by atoms with Gasteiger partial charge in [-0.05, 0) is 46.3 Å². The highest BCUT2D eigenvalue weighted by Crippen LogP contribution is 2.33. The van der Waals surface area contributed by atoms with Gasteiger partial charge >= 0.3 is 0 Å². The molecule has 0 spiro atoms. The Hall–Kier alpha value is -1.00. The lowest BCUT2D eigenvalue weighted by atomic mass is 10.3. The lowest BCUT2D eigenvalue weighted by Gasteiger charge is -2.10. The van der Waals surface area contributed by atoms with Crippen molar-refractivity contribution in [3.63, 3.8) is 0 Å². The van der Waals surface area contributed by atoms with Crippen LogP contribution in [0.25, 0.3) is 0 Å². The molecule has 2 nitrogen and oxygen atoms in total. The molecule has 0 saturated heterocycles. The molecule has 0 aliphatic heterocycles. The van der Waals surface area contributed by atoms with Gasteiger partial charge in [0.15, 0.2) is 5.75 Å². The van der Waals surface area contributed by atoms with Gasteiger partial charge in [0.05, 0.1) is 10.2 Å². The average Bonchev–Trinajstić information content (AvgIpc) is 2.27. The Balaban J connectivity index is 2.34. The van der Waals surface area contributed by atoms with E-state index < -0.39 is 0 Å². The maximum Gasteiger partial charge on any atom is 0.151 e. The van der Waals surface area contributed by atoms with E-state index in [2.05, 4.69) is 31.9 Å². The molecule has 0 unspecified atom stereocenters. The summed E-state index contributed by atoms with van der Waals surface area (Å²) in [6.07, 6.45) is 0. The van der Waals surface area contributed by atoms with E-state index in [9.17, 15) is 0 Å². The van der Waals surface area contributed by atoms with Crippen LogP contribution in [0, 0.1) is 0 Å². The molecule has 16 heavy (non-hydrogen) atoms. The number of para-hydroxylation sites is 1. The minimum Gasteiger partial charge on any atom is -0.454 e. The van der Waals surface area contributed by atoms with E-state index in [-0.39, 0.29) is 0 Å². The van der Waals surface area contributed by atoms with Crippen molar-refractivity contribution >= 4 is 37.5 Å². The summed E-state index contributed by atoms with van der Waals surface area (Å²) in [4.78, 5) is 0. The maximum atomic E-state index is 5.83. The first-order valence-electron chi connectivity index (χ1n) is 4.64. The van der Waals surface area contributed by atoms with Crippen LogP contribution in [0.5, 0.6) is 11.5 Å². The van der Waals surface area contributed by atoms with Gasteiger partial charge in [0.25, 0.3) is 0 Å². The van der Waals surface area contributed by atoms with Crippen molar-refractivity contribution in [3.8, 4) is 11.5 Å². The third kappa shape index (κ3) is 2.57. The Labute approximate surface area is 111 Å². The number of anilines is 1. The van der Waals surface area contributed by atoms with Crippen molar-refractivity contribution < 1.29 is 4.74 Å². The molecule has 0 saturated carbocycles. The normalized spacial score (nSPS) is 10.1. The fourth-order valence-corrected chi connectivity index (χ4v) is 1.95. The zero-order chi connectivity index (χ0) is 11.5. The van der Waals surface area contributed by atoms with E-state index in [1.165, 1.54) is 0 Å². The summed E-state index contributed by atoms with van der Waals surface area (Å²) in [6.45, 7) is 0. The molecular weight excluding hydrogens is 334 g/mol. The molecule has 0 bridgehead atoms. The molecule has 0 aliphatic carbocycles. The van der Waals surface area contributed by atoms with Crippen LogP contribution in [0.2, 0.25) is 0 Å². The van der Waals surface area contributed by atoms with E-state index in [1.54, 1.807) is 6.07 Å². The summed E-state index contributed by atoms with van der Waals surface area (Å²) in [5.41, 5.74) is 6.44. The molecule has 0 fully saturated rings. The maximum absolute atomic E-state index is 5.83. The van der Waals surface area contributed by atoms with Crippen LogP contribution in [0.1, 0.15) is 0 Å². The molecule has 0 radical (unpaired) electrons. The number of rotatable bonds is 2. The molecule has 2 N–H and O–H groups in total. The monoisotopic (exact) mass is 341 g/mol. The predicted molar refractivity (Wildman–Crippen MR) is 72.8 cm³/mol. The van der Waals surface area contributed by atoms with Crippen molar-refractivity contribution in [2.75, 3.05) is 5.73 Å². The summed E-state index contributed by atoms with van der Waals surface area (Å²) >= 11 is 6.80. The number of hydrogen-bond acceptors (Lipinski definition) is 2. The van der Waals surface area contributed by atoms with Crippen LogP contribution in [-0.2, 0) is 0 Å². The van der Waals surface area contributed by atoms with Crippen LogP contribution in [-0.4, -0.2) is 0 Å². The van der Waals surface area contributed by atoms with Gasteiger partial charge in [0.1, 0.15) is 5.75 Å². The molecule has 0 atom stereocenters. The first kappa shape index (κ1) is 11.5. The third-order valence-corrected chi connectivity index (χ3v) is 3.18. The number of benzene rings is 2. The van der Waals surface area contributed by atoms with Crippen molar-refractivity contribution in [2.24, 2.45) is 0 Å². The Morgan fingerprint density at radius 2 is 1.69 bits per heavy atom. The summed E-state index contributed by atoms with van der Waals surface area (Å²) < 4.78 is 7.55. The SMILES string of the molecule is Nc1ccc(Br)cc1Oc1ccccc1Br. The average molecular weight is 343 g/mol. The first-order valence-corrected chi connectivity index (χ1v) is 6.23. The molecule has 0 amide bonds.